The Morgan fingerprint density at radius 2 is 1.97 bits per heavy atom. The summed E-state index contributed by atoms with van der Waals surface area (Å²) in [5.74, 6) is 0.724. The molecule has 31 heavy (non-hydrogen) atoms. The Kier molecular flexibility index (Phi) is 5.88. The Labute approximate surface area is 189 Å². The molecule has 1 aromatic heterocycles. The molecule has 1 heterocycles. The zero-order valence-corrected chi connectivity index (χ0v) is 18.3. The number of methoxy groups -OCH3 is 1. The number of amides is 1. The Morgan fingerprint density at radius 3 is 2.77 bits per heavy atom. The lowest BCUT2D eigenvalue weighted by atomic mass is 10.1. The van der Waals surface area contributed by atoms with Crippen LogP contribution in [0, 0.1) is 6.92 Å². The summed E-state index contributed by atoms with van der Waals surface area (Å²) in [6.45, 7) is 1.93. The molecule has 0 radical (unpaired) electrons. The summed E-state index contributed by atoms with van der Waals surface area (Å²) in [6.07, 6.45) is 0. The van der Waals surface area contributed by atoms with Crippen molar-refractivity contribution in [2.45, 2.75) is 6.92 Å². The lowest BCUT2D eigenvalue weighted by Crippen LogP contribution is -2.34. The molecule has 0 spiro atoms. The average molecular weight is 452 g/mol. The third kappa shape index (κ3) is 4.68. The van der Waals surface area contributed by atoms with Crippen molar-refractivity contribution in [1.82, 2.24) is 10.3 Å². The first kappa shape index (κ1) is 20.8. The zero-order valence-electron chi connectivity index (χ0n) is 16.7. The number of aromatic nitrogens is 1. The van der Waals surface area contributed by atoms with Crippen LogP contribution in [-0.2, 0) is 0 Å². The number of carbonyl (C=O) groups excluding carboxylic acids is 1. The molecule has 6 nitrogen and oxygen atoms in total. The molecule has 0 aliphatic carbocycles. The van der Waals surface area contributed by atoms with E-state index in [2.05, 4.69) is 15.6 Å². The first-order valence-corrected chi connectivity index (χ1v) is 10.1. The van der Waals surface area contributed by atoms with Crippen LogP contribution in [0.2, 0.25) is 5.02 Å². The van der Waals surface area contributed by atoms with Gasteiger partial charge in [-0.1, -0.05) is 23.7 Å². The third-order valence-electron chi connectivity index (χ3n) is 4.64. The second kappa shape index (κ2) is 8.75. The second-order valence-electron chi connectivity index (χ2n) is 6.80. The molecule has 4 rings (SSSR count). The van der Waals surface area contributed by atoms with Gasteiger partial charge in [0.2, 0.25) is 5.89 Å². The molecule has 0 fully saturated rings. The number of fused-ring (bicyclic) bond motifs is 1. The van der Waals surface area contributed by atoms with Gasteiger partial charge in [0.05, 0.1) is 7.11 Å². The fraction of sp³-hybridized carbons (Fsp3) is 0.0870. The van der Waals surface area contributed by atoms with Gasteiger partial charge in [0, 0.05) is 21.8 Å². The normalized spacial score (nSPS) is 10.7. The van der Waals surface area contributed by atoms with Crippen molar-refractivity contribution in [3.8, 4) is 17.2 Å². The van der Waals surface area contributed by atoms with Gasteiger partial charge in [0.15, 0.2) is 10.7 Å². The lowest BCUT2D eigenvalue weighted by Gasteiger charge is -2.13. The zero-order chi connectivity index (χ0) is 22.0. The number of anilines is 1. The van der Waals surface area contributed by atoms with Crippen LogP contribution in [0.25, 0.3) is 22.6 Å². The number of carbonyl (C=O) groups is 1. The number of nitrogens with one attached hydrogen (secondary N) is 2. The van der Waals surface area contributed by atoms with E-state index in [0.717, 1.165) is 16.8 Å². The van der Waals surface area contributed by atoms with Gasteiger partial charge in [0.25, 0.3) is 5.91 Å². The maximum absolute atomic E-state index is 12.5. The molecule has 2 N–H and O–H groups in total. The van der Waals surface area contributed by atoms with Gasteiger partial charge in [-0.25, -0.2) is 4.98 Å². The van der Waals surface area contributed by atoms with Crippen molar-refractivity contribution in [2.75, 3.05) is 12.4 Å². The van der Waals surface area contributed by atoms with Crippen LogP contribution in [0.3, 0.4) is 0 Å². The summed E-state index contributed by atoms with van der Waals surface area (Å²) in [5, 5.41) is 6.52. The third-order valence-corrected chi connectivity index (χ3v) is 5.08. The highest BCUT2D eigenvalue weighted by Crippen LogP contribution is 2.29. The minimum Gasteiger partial charge on any atom is -0.497 e. The van der Waals surface area contributed by atoms with E-state index in [9.17, 15) is 4.79 Å². The number of rotatable bonds is 4. The fourth-order valence-electron chi connectivity index (χ4n) is 3.01. The largest absolute Gasteiger partial charge is 0.497 e. The molecule has 4 aromatic rings. The highest BCUT2D eigenvalue weighted by molar-refractivity contribution is 7.80. The number of thiocarbonyl (C=S) groups is 1. The molecule has 0 bridgehead atoms. The van der Waals surface area contributed by atoms with E-state index in [4.69, 9.17) is 33.0 Å². The van der Waals surface area contributed by atoms with Gasteiger partial charge in [-0.3, -0.25) is 10.1 Å². The van der Waals surface area contributed by atoms with E-state index in [1.54, 1.807) is 49.6 Å². The number of benzene rings is 3. The smallest absolute Gasteiger partial charge is 0.257 e. The fourth-order valence-corrected chi connectivity index (χ4v) is 3.38. The molecule has 3 aromatic carbocycles. The molecule has 1 amide bonds. The second-order valence-corrected chi connectivity index (χ2v) is 7.65. The number of hydrogen-bond acceptors (Lipinski definition) is 5. The highest BCUT2D eigenvalue weighted by Gasteiger charge is 2.13. The molecular weight excluding hydrogens is 434 g/mol. The van der Waals surface area contributed by atoms with E-state index >= 15 is 0 Å². The van der Waals surface area contributed by atoms with Gasteiger partial charge in [-0.15, -0.1) is 0 Å². The summed E-state index contributed by atoms with van der Waals surface area (Å²) < 4.78 is 11.0. The van der Waals surface area contributed by atoms with E-state index in [-0.39, 0.29) is 11.0 Å². The molecule has 0 unspecified atom stereocenters. The molecule has 0 aliphatic heterocycles. The van der Waals surface area contributed by atoms with E-state index in [1.165, 1.54) is 0 Å². The van der Waals surface area contributed by atoms with E-state index < -0.39 is 0 Å². The molecule has 0 saturated heterocycles. The van der Waals surface area contributed by atoms with Crippen LogP contribution >= 0.6 is 23.8 Å². The topological polar surface area (TPSA) is 76.4 Å². The summed E-state index contributed by atoms with van der Waals surface area (Å²) >= 11 is 11.4. The number of aryl methyl sites for hydroxylation is 1. The minimum atomic E-state index is -0.332. The maximum atomic E-state index is 12.5. The molecule has 0 atom stereocenters. The Morgan fingerprint density at radius 1 is 1.13 bits per heavy atom. The number of oxazole rings is 1. The maximum Gasteiger partial charge on any atom is 0.257 e. The number of halogens is 1. The van der Waals surface area contributed by atoms with Gasteiger partial charge in [0.1, 0.15) is 11.3 Å². The van der Waals surface area contributed by atoms with Crippen molar-refractivity contribution in [3.05, 3.63) is 76.8 Å². The predicted molar refractivity (Wildman–Crippen MR) is 126 cm³/mol. The molecule has 0 saturated carbocycles. The Bertz CT molecular complexity index is 1300. The van der Waals surface area contributed by atoms with Crippen molar-refractivity contribution < 1.29 is 13.9 Å². The minimum absolute atomic E-state index is 0.178. The lowest BCUT2D eigenvalue weighted by molar-refractivity contribution is 0.0977. The van der Waals surface area contributed by atoms with Crippen LogP contribution in [-0.4, -0.2) is 23.1 Å². The van der Waals surface area contributed by atoms with E-state index in [1.807, 2.05) is 25.1 Å². The van der Waals surface area contributed by atoms with Gasteiger partial charge >= 0.3 is 0 Å². The first-order valence-electron chi connectivity index (χ1n) is 9.36. The van der Waals surface area contributed by atoms with Crippen LogP contribution in [0.5, 0.6) is 5.75 Å². The predicted octanol–water partition coefficient (Wildman–Crippen LogP) is 5.59. The summed E-state index contributed by atoms with van der Waals surface area (Å²) in [7, 11) is 1.55. The molecule has 0 aliphatic rings. The summed E-state index contributed by atoms with van der Waals surface area (Å²) in [4.78, 5) is 17.0. The summed E-state index contributed by atoms with van der Waals surface area (Å²) in [5.41, 5.74) is 4.21. The van der Waals surface area contributed by atoms with Crippen LogP contribution in [0.15, 0.2) is 65.1 Å². The monoisotopic (exact) mass is 451 g/mol. The molecule has 156 valence electrons. The standard InChI is InChI=1S/C23H18ClN3O3S/c1-13-6-7-15(22-25-19-12-16(24)8-9-20(19)30-22)11-18(13)26-23(31)27-21(28)14-4-3-5-17(10-14)29-2/h3-12H,1-2H3,(H2,26,27,28,31). The highest BCUT2D eigenvalue weighted by atomic mass is 35.5. The van der Waals surface area contributed by atoms with Crippen LogP contribution in [0.1, 0.15) is 15.9 Å². The number of ether oxygens (including phenoxy) is 1. The first-order chi connectivity index (χ1) is 14.9. The van der Waals surface area contributed by atoms with Gasteiger partial charge < -0.3 is 14.5 Å². The van der Waals surface area contributed by atoms with Crippen molar-refractivity contribution in [1.29, 1.82) is 0 Å². The van der Waals surface area contributed by atoms with E-state index in [0.29, 0.717) is 33.3 Å². The Hall–Kier alpha value is -3.42. The van der Waals surface area contributed by atoms with Crippen molar-refractivity contribution in [3.63, 3.8) is 0 Å². The Balaban J connectivity index is 1.52. The summed E-state index contributed by atoms with van der Waals surface area (Å²) in [6, 6.07) is 17.8. The number of nitrogens with zero attached hydrogens (tertiary/aromatic N) is 1. The van der Waals surface area contributed by atoms with Gasteiger partial charge in [-0.05, 0) is 73.2 Å². The average Bonchev–Trinajstić information content (AvgIpc) is 3.18. The van der Waals surface area contributed by atoms with Crippen LogP contribution < -0.4 is 15.4 Å². The SMILES string of the molecule is COc1cccc(C(=O)NC(=S)Nc2cc(-c3nc4cc(Cl)ccc4o3)ccc2C)c1. The molecular formula is C23H18ClN3O3S. The van der Waals surface area contributed by atoms with Crippen molar-refractivity contribution >= 4 is 51.6 Å². The molecule has 8 heteroatoms. The van der Waals surface area contributed by atoms with Crippen molar-refractivity contribution in [2.24, 2.45) is 0 Å². The van der Waals surface area contributed by atoms with Crippen LogP contribution in [0.4, 0.5) is 5.69 Å². The van der Waals surface area contributed by atoms with Gasteiger partial charge in [-0.2, -0.15) is 0 Å². The number of hydrogen-bond donors (Lipinski definition) is 2. The quantitative estimate of drug-likeness (QED) is 0.394.